The van der Waals surface area contributed by atoms with Gasteiger partial charge in [-0.15, -0.1) is 0 Å². The van der Waals surface area contributed by atoms with E-state index in [1.54, 1.807) is 62.6 Å². The van der Waals surface area contributed by atoms with E-state index in [4.69, 9.17) is 30.2 Å². The van der Waals surface area contributed by atoms with E-state index in [2.05, 4.69) is 0 Å². The number of ether oxygens (including phenoxy) is 3. The fraction of sp³-hybridized carbons (Fsp3) is 0.0769. The fourth-order valence-electron chi connectivity index (χ4n) is 3.67. The number of carbonyl (C=O) groups excluding carboxylic acids is 2. The normalized spacial score (nSPS) is 13.8. The van der Waals surface area contributed by atoms with Gasteiger partial charge in [-0.25, -0.2) is 4.79 Å². The second-order valence-electron chi connectivity index (χ2n) is 7.43. The molecule has 0 saturated carbocycles. The van der Waals surface area contributed by atoms with Gasteiger partial charge in [0.05, 0.1) is 12.7 Å². The molecule has 6 nitrogen and oxygen atoms in total. The number of esters is 1. The molecule has 4 aromatic rings. The number of rotatable bonds is 4. The third-order valence-electron chi connectivity index (χ3n) is 5.34. The van der Waals surface area contributed by atoms with Crippen molar-refractivity contribution in [1.82, 2.24) is 0 Å². The molecule has 1 aliphatic rings. The van der Waals surface area contributed by atoms with Gasteiger partial charge in [-0.1, -0.05) is 29.8 Å². The number of hydrogen-bond acceptors (Lipinski definition) is 6. The maximum atomic E-state index is 12.9. The summed E-state index contributed by atoms with van der Waals surface area (Å²) in [5, 5.41) is 1.23. The van der Waals surface area contributed by atoms with E-state index in [1.165, 1.54) is 0 Å². The number of fused-ring (bicyclic) bond motifs is 2. The number of para-hydroxylation sites is 1. The van der Waals surface area contributed by atoms with Crippen molar-refractivity contribution < 1.29 is 28.2 Å². The summed E-state index contributed by atoms with van der Waals surface area (Å²) < 4.78 is 22.3. The zero-order valence-corrected chi connectivity index (χ0v) is 18.4. The highest BCUT2D eigenvalue weighted by Gasteiger charge is 2.31. The van der Waals surface area contributed by atoms with Crippen LogP contribution in [0.5, 0.6) is 17.2 Å². The topological polar surface area (TPSA) is 75.0 Å². The van der Waals surface area contributed by atoms with Gasteiger partial charge in [0.1, 0.15) is 22.8 Å². The van der Waals surface area contributed by atoms with Crippen LogP contribution in [0, 0.1) is 6.92 Å². The first-order chi connectivity index (χ1) is 15.9. The van der Waals surface area contributed by atoms with Gasteiger partial charge in [0.2, 0.25) is 11.5 Å². The molecule has 0 unspecified atom stereocenters. The predicted octanol–water partition coefficient (Wildman–Crippen LogP) is 6.24. The smallest absolute Gasteiger partial charge is 0.379 e. The second-order valence-corrected chi connectivity index (χ2v) is 7.87. The lowest BCUT2D eigenvalue weighted by Crippen LogP contribution is -2.08. The van der Waals surface area contributed by atoms with Gasteiger partial charge in [-0.2, -0.15) is 0 Å². The number of allylic oxidation sites excluding steroid dienone is 1. The molecule has 2 heterocycles. The van der Waals surface area contributed by atoms with Crippen molar-refractivity contribution >= 4 is 40.4 Å². The van der Waals surface area contributed by atoms with Crippen LogP contribution >= 0.6 is 11.6 Å². The van der Waals surface area contributed by atoms with Crippen LogP contribution in [0.15, 0.2) is 70.8 Å². The monoisotopic (exact) mass is 460 g/mol. The van der Waals surface area contributed by atoms with Crippen LogP contribution in [-0.4, -0.2) is 18.9 Å². The van der Waals surface area contributed by atoms with Crippen LogP contribution < -0.4 is 14.2 Å². The Morgan fingerprint density at radius 3 is 2.67 bits per heavy atom. The zero-order valence-electron chi connectivity index (χ0n) is 17.7. The standard InChI is InChI=1S/C26H17ClO6/c1-14-19(33-26(29)23-13-16-11-17(27)7-9-21(16)31-23)10-8-18-24(28)22(32-25(14)18)12-15-5-3-4-6-20(15)30-2/h3-13H,1-2H3/b22-12-. The van der Waals surface area contributed by atoms with Crippen molar-refractivity contribution in [2.75, 3.05) is 7.11 Å². The van der Waals surface area contributed by atoms with Crippen LogP contribution in [0.1, 0.15) is 32.0 Å². The quantitative estimate of drug-likeness (QED) is 0.204. The Morgan fingerprint density at radius 2 is 1.85 bits per heavy atom. The number of methoxy groups -OCH3 is 1. The van der Waals surface area contributed by atoms with Gasteiger partial charge in [0.15, 0.2) is 5.76 Å². The zero-order chi connectivity index (χ0) is 23.1. The lowest BCUT2D eigenvalue weighted by Gasteiger charge is -2.09. The third-order valence-corrected chi connectivity index (χ3v) is 5.58. The van der Waals surface area contributed by atoms with E-state index >= 15 is 0 Å². The highest BCUT2D eigenvalue weighted by molar-refractivity contribution is 6.31. The third kappa shape index (κ3) is 3.75. The second kappa shape index (κ2) is 8.15. The molecule has 1 aromatic heterocycles. The molecule has 1 aliphatic heterocycles. The lowest BCUT2D eigenvalue weighted by atomic mass is 10.1. The number of Topliss-reactive ketones (excluding diaryl/α,β-unsaturated/α-hetero) is 1. The van der Waals surface area contributed by atoms with Crippen molar-refractivity contribution in [3.8, 4) is 17.2 Å². The summed E-state index contributed by atoms with van der Waals surface area (Å²) >= 11 is 5.99. The molecule has 0 fully saturated rings. The van der Waals surface area contributed by atoms with Crippen molar-refractivity contribution in [1.29, 1.82) is 0 Å². The number of furan rings is 1. The Morgan fingerprint density at radius 1 is 1.03 bits per heavy atom. The maximum absolute atomic E-state index is 12.9. The van der Waals surface area contributed by atoms with Crippen molar-refractivity contribution in [2.24, 2.45) is 0 Å². The van der Waals surface area contributed by atoms with Gasteiger partial charge in [0.25, 0.3) is 0 Å². The molecule has 0 atom stereocenters. The first-order valence-corrected chi connectivity index (χ1v) is 10.4. The SMILES string of the molecule is COc1ccccc1/C=C1\Oc2c(ccc(OC(=O)c3cc4cc(Cl)ccc4o3)c2C)C1=O. The summed E-state index contributed by atoms with van der Waals surface area (Å²) in [6.45, 7) is 1.72. The molecule has 7 heteroatoms. The number of benzene rings is 3. The molecule has 164 valence electrons. The Balaban J connectivity index is 1.43. The molecule has 33 heavy (non-hydrogen) atoms. The molecule has 0 amide bonds. The highest BCUT2D eigenvalue weighted by atomic mass is 35.5. The predicted molar refractivity (Wildman–Crippen MR) is 123 cm³/mol. The van der Waals surface area contributed by atoms with E-state index in [1.807, 2.05) is 18.2 Å². The van der Waals surface area contributed by atoms with Crippen LogP contribution in [-0.2, 0) is 0 Å². The van der Waals surface area contributed by atoms with Crippen molar-refractivity contribution in [3.63, 3.8) is 0 Å². The number of halogens is 1. The summed E-state index contributed by atoms with van der Waals surface area (Å²) in [7, 11) is 1.56. The average molecular weight is 461 g/mol. The molecular weight excluding hydrogens is 444 g/mol. The lowest BCUT2D eigenvalue weighted by molar-refractivity contribution is 0.0702. The molecule has 0 saturated heterocycles. The number of ketones is 1. The molecule has 0 radical (unpaired) electrons. The first kappa shape index (κ1) is 20.8. The van der Waals surface area contributed by atoms with E-state index < -0.39 is 5.97 Å². The van der Waals surface area contributed by atoms with Crippen LogP contribution in [0.2, 0.25) is 5.02 Å². The summed E-state index contributed by atoms with van der Waals surface area (Å²) in [4.78, 5) is 25.5. The summed E-state index contributed by atoms with van der Waals surface area (Å²) in [5.41, 5.74) is 2.16. The molecule has 0 spiro atoms. The fourth-order valence-corrected chi connectivity index (χ4v) is 3.85. The summed E-state index contributed by atoms with van der Waals surface area (Å²) in [5.74, 6) is 0.518. The first-order valence-electron chi connectivity index (χ1n) is 10.1. The number of carbonyl (C=O) groups is 2. The van der Waals surface area contributed by atoms with Crippen LogP contribution in [0.25, 0.3) is 17.0 Å². The summed E-state index contributed by atoms with van der Waals surface area (Å²) in [6, 6.07) is 17.1. The summed E-state index contributed by atoms with van der Waals surface area (Å²) in [6.07, 6.45) is 1.63. The Bertz CT molecular complexity index is 1460. The van der Waals surface area contributed by atoms with E-state index in [0.717, 1.165) is 0 Å². The largest absolute Gasteiger partial charge is 0.496 e. The van der Waals surface area contributed by atoms with Crippen LogP contribution in [0.4, 0.5) is 0 Å². The number of hydrogen-bond donors (Lipinski definition) is 0. The molecule has 0 N–H and O–H groups in total. The molecule has 5 rings (SSSR count). The van der Waals surface area contributed by atoms with E-state index in [0.29, 0.717) is 44.2 Å². The van der Waals surface area contributed by atoms with E-state index in [-0.39, 0.29) is 23.1 Å². The van der Waals surface area contributed by atoms with E-state index in [9.17, 15) is 9.59 Å². The van der Waals surface area contributed by atoms with Gasteiger partial charge >= 0.3 is 5.97 Å². The Hall–Kier alpha value is -4.03. The van der Waals surface area contributed by atoms with Gasteiger partial charge < -0.3 is 18.6 Å². The van der Waals surface area contributed by atoms with Gasteiger partial charge in [0, 0.05) is 21.5 Å². The van der Waals surface area contributed by atoms with Gasteiger partial charge in [-0.05, 0) is 55.5 Å². The van der Waals surface area contributed by atoms with Crippen molar-refractivity contribution in [3.05, 3.63) is 93.9 Å². The van der Waals surface area contributed by atoms with Crippen LogP contribution in [0.3, 0.4) is 0 Å². The minimum absolute atomic E-state index is 0.0425. The average Bonchev–Trinajstić information content (AvgIpc) is 3.37. The minimum Gasteiger partial charge on any atom is -0.496 e. The minimum atomic E-state index is -0.667. The Labute approximate surface area is 193 Å². The molecular formula is C26H17ClO6. The van der Waals surface area contributed by atoms with Crippen molar-refractivity contribution in [2.45, 2.75) is 6.92 Å². The molecule has 3 aromatic carbocycles. The van der Waals surface area contributed by atoms with Gasteiger partial charge in [-0.3, -0.25) is 4.79 Å². The Kier molecular flexibility index (Phi) is 5.15. The maximum Gasteiger partial charge on any atom is 0.379 e. The highest BCUT2D eigenvalue weighted by Crippen LogP contribution is 2.40. The molecule has 0 aliphatic carbocycles. The molecule has 0 bridgehead atoms.